The van der Waals surface area contributed by atoms with Crippen LogP contribution in [0.15, 0.2) is 29.4 Å². The Morgan fingerprint density at radius 2 is 2.05 bits per heavy atom. The van der Waals surface area contributed by atoms with Crippen molar-refractivity contribution in [3.8, 4) is 0 Å². The summed E-state index contributed by atoms with van der Waals surface area (Å²) in [7, 11) is 1.22. The molecule has 1 atom stereocenters. The Balaban J connectivity index is 2.41. The van der Waals surface area contributed by atoms with Gasteiger partial charge in [0.15, 0.2) is 0 Å². The highest BCUT2D eigenvalue weighted by Gasteiger charge is 2.21. The topological polar surface area (TPSA) is 106 Å². The Labute approximate surface area is 126 Å². The van der Waals surface area contributed by atoms with Gasteiger partial charge in [-0.25, -0.2) is 4.79 Å². The van der Waals surface area contributed by atoms with Gasteiger partial charge in [-0.15, -0.1) is 11.8 Å². The zero-order valence-corrected chi connectivity index (χ0v) is 12.3. The van der Waals surface area contributed by atoms with E-state index in [1.54, 1.807) is 24.5 Å². The second-order valence-corrected chi connectivity index (χ2v) is 5.09. The zero-order valence-electron chi connectivity index (χ0n) is 11.4. The van der Waals surface area contributed by atoms with E-state index in [9.17, 15) is 14.4 Å². The lowest BCUT2D eigenvalue weighted by atomic mass is 10.1. The molecule has 0 saturated heterocycles. The number of carbonyl (C=O) groups is 3. The molecule has 8 heteroatoms. The van der Waals surface area contributed by atoms with Crippen molar-refractivity contribution in [1.29, 1.82) is 0 Å². The molecule has 0 aliphatic rings. The number of amides is 1. The van der Waals surface area contributed by atoms with E-state index in [0.29, 0.717) is 0 Å². The zero-order chi connectivity index (χ0) is 15.7. The molecule has 0 bridgehead atoms. The number of nitrogens with one attached hydrogen (secondary N) is 1. The predicted molar refractivity (Wildman–Crippen MR) is 75.8 cm³/mol. The average Bonchev–Trinajstić information content (AvgIpc) is 2.49. The molecule has 1 heterocycles. The quantitative estimate of drug-likeness (QED) is 0.537. The largest absolute Gasteiger partial charge is 0.480 e. The molecule has 114 valence electrons. The Morgan fingerprint density at radius 3 is 2.62 bits per heavy atom. The summed E-state index contributed by atoms with van der Waals surface area (Å²) in [6.45, 7) is 0. The number of ether oxygens (including phenoxy) is 1. The minimum atomic E-state index is -1.18. The Hall–Kier alpha value is -2.09. The van der Waals surface area contributed by atoms with Gasteiger partial charge in [-0.2, -0.15) is 0 Å². The molecule has 0 spiro atoms. The number of pyridine rings is 1. The Kier molecular flexibility index (Phi) is 7.24. The summed E-state index contributed by atoms with van der Waals surface area (Å²) >= 11 is 1.27. The van der Waals surface area contributed by atoms with Gasteiger partial charge in [0.1, 0.15) is 6.04 Å². The van der Waals surface area contributed by atoms with E-state index in [4.69, 9.17) is 5.11 Å². The van der Waals surface area contributed by atoms with Crippen LogP contribution in [0.5, 0.6) is 0 Å². The van der Waals surface area contributed by atoms with Gasteiger partial charge in [0.05, 0.1) is 12.9 Å². The SMILES string of the molecule is COC(=O)CC[C@H](NC(=O)CSc1ccncc1)C(=O)O. The van der Waals surface area contributed by atoms with Crippen LogP contribution in [-0.2, 0) is 19.1 Å². The molecule has 0 fully saturated rings. The lowest BCUT2D eigenvalue weighted by molar-refractivity contribution is -0.143. The number of carboxylic acid groups (broad SMARTS) is 1. The van der Waals surface area contributed by atoms with E-state index in [2.05, 4.69) is 15.0 Å². The van der Waals surface area contributed by atoms with Gasteiger partial charge in [0.2, 0.25) is 5.91 Å². The number of thioether (sulfide) groups is 1. The monoisotopic (exact) mass is 312 g/mol. The van der Waals surface area contributed by atoms with Crippen LogP contribution < -0.4 is 5.32 Å². The van der Waals surface area contributed by atoms with Crippen LogP contribution in [-0.4, -0.2) is 46.8 Å². The van der Waals surface area contributed by atoms with Crippen LogP contribution in [0.1, 0.15) is 12.8 Å². The Morgan fingerprint density at radius 1 is 1.38 bits per heavy atom. The lowest BCUT2D eigenvalue weighted by Crippen LogP contribution is -2.42. The maximum atomic E-state index is 11.7. The van der Waals surface area contributed by atoms with E-state index in [1.807, 2.05) is 0 Å². The number of carbonyl (C=O) groups excluding carboxylic acids is 2. The van der Waals surface area contributed by atoms with E-state index in [1.165, 1.54) is 18.9 Å². The van der Waals surface area contributed by atoms with Gasteiger partial charge in [0, 0.05) is 23.7 Å². The van der Waals surface area contributed by atoms with Crippen LogP contribution in [0.4, 0.5) is 0 Å². The van der Waals surface area contributed by atoms with Crippen LogP contribution in [0.2, 0.25) is 0 Å². The molecule has 0 unspecified atom stereocenters. The second kappa shape index (κ2) is 8.96. The standard InChI is InChI=1S/C13H16N2O5S/c1-20-12(17)3-2-10(13(18)19)15-11(16)8-21-9-4-6-14-7-5-9/h4-7,10H,2-3,8H2,1H3,(H,15,16)(H,18,19)/t10-/m0/s1. The Bertz CT molecular complexity index is 495. The first-order chi connectivity index (χ1) is 10.0. The predicted octanol–water partition coefficient (Wildman–Crippen LogP) is 0.696. The molecule has 0 saturated carbocycles. The van der Waals surface area contributed by atoms with Crippen molar-refractivity contribution in [2.75, 3.05) is 12.9 Å². The molecule has 2 N–H and O–H groups in total. The molecule has 0 aliphatic heterocycles. The van der Waals surface area contributed by atoms with Gasteiger partial charge in [-0.1, -0.05) is 0 Å². The first kappa shape index (κ1) is 17.0. The van der Waals surface area contributed by atoms with Crippen LogP contribution >= 0.6 is 11.8 Å². The minimum absolute atomic E-state index is 0.00628. The number of rotatable bonds is 8. The fraction of sp³-hybridized carbons (Fsp3) is 0.385. The highest BCUT2D eigenvalue weighted by molar-refractivity contribution is 8.00. The van der Waals surface area contributed by atoms with Gasteiger partial charge < -0.3 is 15.2 Å². The molecule has 1 amide bonds. The van der Waals surface area contributed by atoms with Crippen molar-refractivity contribution in [1.82, 2.24) is 10.3 Å². The van der Waals surface area contributed by atoms with Crippen molar-refractivity contribution < 1.29 is 24.2 Å². The molecule has 1 rings (SSSR count). The third kappa shape index (κ3) is 6.75. The van der Waals surface area contributed by atoms with E-state index in [0.717, 1.165) is 4.90 Å². The average molecular weight is 312 g/mol. The summed E-state index contributed by atoms with van der Waals surface area (Å²) in [5, 5.41) is 11.4. The summed E-state index contributed by atoms with van der Waals surface area (Å²) in [4.78, 5) is 38.5. The molecular weight excluding hydrogens is 296 g/mol. The van der Waals surface area contributed by atoms with E-state index >= 15 is 0 Å². The summed E-state index contributed by atoms with van der Waals surface area (Å²) in [6.07, 6.45) is 3.15. The number of aromatic nitrogens is 1. The molecule has 0 aliphatic carbocycles. The normalized spacial score (nSPS) is 11.5. The smallest absolute Gasteiger partial charge is 0.326 e. The van der Waals surface area contributed by atoms with Crippen molar-refractivity contribution in [2.45, 2.75) is 23.8 Å². The fourth-order valence-corrected chi connectivity index (χ4v) is 2.14. The molecule has 21 heavy (non-hydrogen) atoms. The number of methoxy groups -OCH3 is 1. The van der Waals surface area contributed by atoms with E-state index < -0.39 is 23.9 Å². The highest BCUT2D eigenvalue weighted by Crippen LogP contribution is 2.15. The van der Waals surface area contributed by atoms with Crippen LogP contribution in [0, 0.1) is 0 Å². The molecule has 1 aromatic rings. The minimum Gasteiger partial charge on any atom is -0.480 e. The van der Waals surface area contributed by atoms with Crippen molar-refractivity contribution in [3.63, 3.8) is 0 Å². The first-order valence-electron chi connectivity index (χ1n) is 6.14. The maximum Gasteiger partial charge on any atom is 0.326 e. The van der Waals surface area contributed by atoms with Gasteiger partial charge in [-0.3, -0.25) is 14.6 Å². The first-order valence-corrected chi connectivity index (χ1v) is 7.13. The van der Waals surface area contributed by atoms with Gasteiger partial charge in [0.25, 0.3) is 0 Å². The number of aliphatic carboxylic acids is 1. The summed E-state index contributed by atoms with van der Waals surface area (Å²) in [6, 6.07) is 2.41. The van der Waals surface area contributed by atoms with Crippen molar-refractivity contribution in [3.05, 3.63) is 24.5 Å². The highest BCUT2D eigenvalue weighted by atomic mass is 32.2. The molecular formula is C13H16N2O5S. The van der Waals surface area contributed by atoms with E-state index in [-0.39, 0.29) is 18.6 Å². The number of carboxylic acids is 1. The fourth-order valence-electron chi connectivity index (χ4n) is 1.44. The lowest BCUT2D eigenvalue weighted by Gasteiger charge is -2.13. The van der Waals surface area contributed by atoms with Crippen LogP contribution in [0.25, 0.3) is 0 Å². The molecule has 0 aromatic carbocycles. The molecule has 0 radical (unpaired) electrons. The number of hydrogen-bond acceptors (Lipinski definition) is 6. The van der Waals surface area contributed by atoms with Crippen molar-refractivity contribution >= 4 is 29.6 Å². The van der Waals surface area contributed by atoms with Gasteiger partial charge in [-0.05, 0) is 18.6 Å². The number of nitrogens with zero attached hydrogens (tertiary/aromatic N) is 1. The third-order valence-electron chi connectivity index (χ3n) is 2.52. The maximum absolute atomic E-state index is 11.7. The summed E-state index contributed by atoms with van der Waals surface area (Å²) in [5.74, 6) is -2.01. The summed E-state index contributed by atoms with van der Waals surface area (Å²) < 4.78 is 4.44. The second-order valence-electron chi connectivity index (χ2n) is 4.04. The van der Waals surface area contributed by atoms with Gasteiger partial charge >= 0.3 is 11.9 Å². The number of hydrogen-bond donors (Lipinski definition) is 2. The third-order valence-corrected chi connectivity index (χ3v) is 3.53. The van der Waals surface area contributed by atoms with Crippen molar-refractivity contribution in [2.24, 2.45) is 0 Å². The number of esters is 1. The molecule has 1 aromatic heterocycles. The molecule has 7 nitrogen and oxygen atoms in total. The van der Waals surface area contributed by atoms with Crippen LogP contribution in [0.3, 0.4) is 0 Å². The summed E-state index contributed by atoms with van der Waals surface area (Å²) in [5.41, 5.74) is 0.